The van der Waals surface area contributed by atoms with Crippen LogP contribution in [0.15, 0.2) is 39.4 Å². The first kappa shape index (κ1) is 16.1. The fourth-order valence-corrected chi connectivity index (χ4v) is 3.49. The summed E-state index contributed by atoms with van der Waals surface area (Å²) in [5.41, 5.74) is 1.99. The number of ether oxygens (including phenoxy) is 2. The van der Waals surface area contributed by atoms with Crippen LogP contribution in [0.4, 0.5) is 5.69 Å². The van der Waals surface area contributed by atoms with E-state index in [2.05, 4.69) is 42.2 Å². The van der Waals surface area contributed by atoms with Crippen LogP contribution in [0.2, 0.25) is 0 Å². The van der Waals surface area contributed by atoms with Crippen molar-refractivity contribution in [1.82, 2.24) is 4.98 Å². The molecule has 0 amide bonds. The molecule has 0 fully saturated rings. The second kappa shape index (κ2) is 7.66. The van der Waals surface area contributed by atoms with Gasteiger partial charge in [0.25, 0.3) is 0 Å². The second-order valence-electron chi connectivity index (χ2n) is 4.24. The normalized spacial score (nSPS) is 10.3. The molecule has 4 nitrogen and oxygen atoms in total. The number of methoxy groups -OCH3 is 1. The van der Waals surface area contributed by atoms with Crippen LogP contribution in [0.25, 0.3) is 0 Å². The van der Waals surface area contributed by atoms with E-state index >= 15 is 0 Å². The van der Waals surface area contributed by atoms with Gasteiger partial charge in [-0.2, -0.15) is 0 Å². The fraction of sp³-hybridized carbons (Fsp3) is 0.267. The van der Waals surface area contributed by atoms with E-state index in [1.807, 2.05) is 31.2 Å². The van der Waals surface area contributed by atoms with Crippen LogP contribution in [-0.2, 0) is 6.54 Å². The molecule has 112 valence electrons. The predicted octanol–water partition coefficient (Wildman–Crippen LogP) is 4.63. The van der Waals surface area contributed by atoms with Gasteiger partial charge < -0.3 is 14.8 Å². The number of halogens is 2. The molecular formula is C15H16Br2N2O2. The van der Waals surface area contributed by atoms with Crippen molar-refractivity contribution in [2.75, 3.05) is 19.0 Å². The first-order valence-corrected chi connectivity index (χ1v) is 8.08. The molecule has 6 heteroatoms. The minimum Gasteiger partial charge on any atom is -0.494 e. The smallest absolute Gasteiger partial charge is 0.237 e. The largest absolute Gasteiger partial charge is 0.494 e. The third kappa shape index (κ3) is 4.11. The van der Waals surface area contributed by atoms with Crippen molar-refractivity contribution < 1.29 is 9.47 Å². The Labute approximate surface area is 141 Å². The Balaban J connectivity index is 2.13. The van der Waals surface area contributed by atoms with Crippen molar-refractivity contribution in [3.05, 3.63) is 45.0 Å². The third-order valence-electron chi connectivity index (χ3n) is 2.80. The number of nitrogens with one attached hydrogen (secondary N) is 1. The summed E-state index contributed by atoms with van der Waals surface area (Å²) in [4.78, 5) is 4.22. The minimum atomic E-state index is 0.589. The third-order valence-corrected chi connectivity index (χ3v) is 3.98. The summed E-state index contributed by atoms with van der Waals surface area (Å²) in [6.07, 6.45) is 1.72. The molecular weight excluding hydrogens is 400 g/mol. The van der Waals surface area contributed by atoms with Crippen LogP contribution >= 0.6 is 31.9 Å². The van der Waals surface area contributed by atoms with E-state index in [1.54, 1.807) is 13.3 Å². The maximum Gasteiger partial charge on any atom is 0.237 e. The number of anilines is 1. The molecule has 21 heavy (non-hydrogen) atoms. The van der Waals surface area contributed by atoms with Gasteiger partial charge in [-0.1, -0.05) is 0 Å². The molecule has 0 atom stereocenters. The number of hydrogen-bond donors (Lipinski definition) is 1. The van der Waals surface area contributed by atoms with Crippen LogP contribution in [0.1, 0.15) is 12.5 Å². The molecule has 0 aliphatic heterocycles. The monoisotopic (exact) mass is 414 g/mol. The van der Waals surface area contributed by atoms with Gasteiger partial charge in [0.1, 0.15) is 5.75 Å². The molecule has 1 N–H and O–H groups in total. The lowest BCUT2D eigenvalue weighted by molar-refractivity contribution is 0.328. The van der Waals surface area contributed by atoms with Crippen molar-refractivity contribution in [3.63, 3.8) is 0 Å². The lowest BCUT2D eigenvalue weighted by Crippen LogP contribution is -2.04. The lowest BCUT2D eigenvalue weighted by atomic mass is 10.2. The van der Waals surface area contributed by atoms with Gasteiger partial charge in [-0.15, -0.1) is 0 Å². The minimum absolute atomic E-state index is 0.589. The van der Waals surface area contributed by atoms with Gasteiger partial charge >= 0.3 is 0 Å². The fourth-order valence-electron chi connectivity index (χ4n) is 1.88. The Morgan fingerprint density at radius 3 is 2.57 bits per heavy atom. The Hall–Kier alpha value is -1.27. The van der Waals surface area contributed by atoms with E-state index in [-0.39, 0.29) is 0 Å². The molecule has 0 radical (unpaired) electrons. The van der Waals surface area contributed by atoms with Gasteiger partial charge in [0, 0.05) is 12.7 Å². The van der Waals surface area contributed by atoms with Gasteiger partial charge in [-0.05, 0) is 68.6 Å². The highest BCUT2D eigenvalue weighted by molar-refractivity contribution is 9.11. The predicted molar refractivity (Wildman–Crippen MR) is 91.1 cm³/mol. The van der Waals surface area contributed by atoms with E-state index in [0.717, 1.165) is 25.9 Å². The van der Waals surface area contributed by atoms with Gasteiger partial charge in [0.05, 0.1) is 28.3 Å². The van der Waals surface area contributed by atoms with Crippen molar-refractivity contribution in [2.24, 2.45) is 0 Å². The highest BCUT2D eigenvalue weighted by Crippen LogP contribution is 2.34. The second-order valence-corrected chi connectivity index (χ2v) is 5.94. The van der Waals surface area contributed by atoms with E-state index in [4.69, 9.17) is 9.47 Å². The average molecular weight is 416 g/mol. The molecule has 0 spiro atoms. The SMILES string of the molecule is CCOc1ncccc1NCc1cc(Br)c(OC)c(Br)c1. The summed E-state index contributed by atoms with van der Waals surface area (Å²) in [7, 11) is 1.65. The van der Waals surface area contributed by atoms with Gasteiger partial charge in [0.2, 0.25) is 5.88 Å². The first-order chi connectivity index (χ1) is 10.2. The van der Waals surface area contributed by atoms with Crippen LogP contribution in [0.3, 0.4) is 0 Å². The lowest BCUT2D eigenvalue weighted by Gasteiger charge is -2.13. The van der Waals surface area contributed by atoms with Gasteiger partial charge in [0.15, 0.2) is 0 Å². The van der Waals surface area contributed by atoms with Crippen molar-refractivity contribution in [3.8, 4) is 11.6 Å². The molecule has 1 aromatic carbocycles. The maximum absolute atomic E-state index is 5.50. The summed E-state index contributed by atoms with van der Waals surface area (Å²) < 4.78 is 12.6. The number of pyridine rings is 1. The molecule has 1 aromatic heterocycles. The van der Waals surface area contributed by atoms with Crippen molar-refractivity contribution >= 4 is 37.5 Å². The van der Waals surface area contributed by atoms with E-state index < -0.39 is 0 Å². The van der Waals surface area contributed by atoms with Crippen LogP contribution in [0, 0.1) is 0 Å². The van der Waals surface area contributed by atoms with Crippen LogP contribution in [-0.4, -0.2) is 18.7 Å². The van der Waals surface area contributed by atoms with Crippen LogP contribution in [0.5, 0.6) is 11.6 Å². The summed E-state index contributed by atoms with van der Waals surface area (Å²) in [6.45, 7) is 3.19. The van der Waals surface area contributed by atoms with E-state index in [0.29, 0.717) is 19.0 Å². The molecule has 0 unspecified atom stereocenters. The summed E-state index contributed by atoms with van der Waals surface area (Å²) in [5, 5.41) is 3.34. The quantitative estimate of drug-likeness (QED) is 0.747. The zero-order chi connectivity index (χ0) is 15.2. The zero-order valence-corrected chi connectivity index (χ0v) is 15.0. The number of aromatic nitrogens is 1. The van der Waals surface area contributed by atoms with Gasteiger partial charge in [-0.25, -0.2) is 4.98 Å². The Morgan fingerprint density at radius 2 is 1.95 bits per heavy atom. The highest BCUT2D eigenvalue weighted by atomic mass is 79.9. The van der Waals surface area contributed by atoms with E-state index in [1.165, 1.54) is 0 Å². The topological polar surface area (TPSA) is 43.4 Å². The molecule has 2 rings (SSSR count). The molecule has 2 aromatic rings. The average Bonchev–Trinajstić information content (AvgIpc) is 2.46. The summed E-state index contributed by atoms with van der Waals surface area (Å²) in [5.74, 6) is 1.40. The number of benzene rings is 1. The van der Waals surface area contributed by atoms with E-state index in [9.17, 15) is 0 Å². The van der Waals surface area contributed by atoms with Crippen molar-refractivity contribution in [2.45, 2.75) is 13.5 Å². The number of hydrogen-bond acceptors (Lipinski definition) is 4. The number of nitrogens with zero attached hydrogens (tertiary/aromatic N) is 1. The molecule has 0 saturated heterocycles. The Morgan fingerprint density at radius 1 is 1.24 bits per heavy atom. The maximum atomic E-state index is 5.50. The van der Waals surface area contributed by atoms with Gasteiger partial charge in [-0.3, -0.25) is 0 Å². The highest BCUT2D eigenvalue weighted by Gasteiger charge is 2.09. The zero-order valence-electron chi connectivity index (χ0n) is 11.8. The van der Waals surface area contributed by atoms with Crippen molar-refractivity contribution in [1.29, 1.82) is 0 Å². The molecule has 0 saturated carbocycles. The molecule has 0 aliphatic rings. The Kier molecular flexibility index (Phi) is 5.87. The van der Waals surface area contributed by atoms with Crippen LogP contribution < -0.4 is 14.8 Å². The summed E-state index contributed by atoms with van der Waals surface area (Å²) >= 11 is 7.01. The molecule has 0 bridgehead atoms. The Bertz CT molecular complexity index is 597. The molecule has 1 heterocycles. The summed E-state index contributed by atoms with van der Waals surface area (Å²) in [6, 6.07) is 7.87. The standard InChI is InChI=1S/C15H16Br2N2O2/c1-3-21-15-13(5-4-6-18-15)19-9-10-7-11(16)14(20-2)12(17)8-10/h4-8,19H,3,9H2,1-2H3. The first-order valence-electron chi connectivity index (χ1n) is 6.49. The number of rotatable bonds is 6. The molecule has 0 aliphatic carbocycles.